The maximum absolute atomic E-state index is 13.4. The topological polar surface area (TPSA) is 59.1 Å². The Hall–Kier alpha value is -2.86. The highest BCUT2D eigenvalue weighted by Gasteiger charge is 2.28. The Bertz CT molecular complexity index is 966. The van der Waals surface area contributed by atoms with E-state index in [1.165, 1.54) is 0 Å². The van der Waals surface area contributed by atoms with Gasteiger partial charge in [-0.3, -0.25) is 9.59 Å². The molecule has 0 spiro atoms. The molecule has 1 atom stereocenters. The summed E-state index contributed by atoms with van der Waals surface area (Å²) >= 11 is 0. The van der Waals surface area contributed by atoms with Crippen molar-refractivity contribution >= 4 is 11.8 Å². The zero-order chi connectivity index (χ0) is 21.3. The molecule has 1 fully saturated rings. The monoisotopic (exact) mass is 408 g/mol. The number of carbonyl (C=O) groups excluding carboxylic acids is 2. The molecular formula is C24H28N2O4. The van der Waals surface area contributed by atoms with E-state index in [-0.39, 0.29) is 17.9 Å². The molecule has 4 rings (SSSR count). The lowest BCUT2D eigenvalue weighted by Gasteiger charge is -2.28. The summed E-state index contributed by atoms with van der Waals surface area (Å²) in [5.74, 6) is 0.711. The molecule has 6 heteroatoms. The molecule has 158 valence electrons. The minimum atomic E-state index is -0.0796. The van der Waals surface area contributed by atoms with Gasteiger partial charge < -0.3 is 19.3 Å². The van der Waals surface area contributed by atoms with Crippen molar-refractivity contribution in [1.29, 1.82) is 0 Å². The number of rotatable bonds is 2. The van der Waals surface area contributed by atoms with Gasteiger partial charge in [-0.25, -0.2) is 0 Å². The van der Waals surface area contributed by atoms with Gasteiger partial charge >= 0.3 is 0 Å². The Kier molecular flexibility index (Phi) is 5.77. The molecule has 1 saturated heterocycles. The van der Waals surface area contributed by atoms with Crippen LogP contribution in [0.15, 0.2) is 36.4 Å². The van der Waals surface area contributed by atoms with Gasteiger partial charge in [0.25, 0.3) is 11.8 Å². The largest absolute Gasteiger partial charge is 0.491 e. The van der Waals surface area contributed by atoms with Gasteiger partial charge in [-0.05, 0) is 50.6 Å². The lowest BCUT2D eigenvalue weighted by atomic mass is 10.0. The average molecular weight is 408 g/mol. The van der Waals surface area contributed by atoms with Crippen LogP contribution in [0.5, 0.6) is 5.75 Å². The second-order valence-corrected chi connectivity index (χ2v) is 8.14. The number of fused-ring (bicyclic) bond motifs is 1. The van der Waals surface area contributed by atoms with Crippen molar-refractivity contribution in [3.8, 4) is 5.75 Å². The normalized spacial score (nSPS) is 19.0. The van der Waals surface area contributed by atoms with Crippen molar-refractivity contribution in [1.82, 2.24) is 9.80 Å². The molecule has 0 aromatic heterocycles. The Labute approximate surface area is 177 Å². The van der Waals surface area contributed by atoms with E-state index in [2.05, 4.69) is 0 Å². The minimum Gasteiger partial charge on any atom is -0.491 e. The third-order valence-electron chi connectivity index (χ3n) is 5.83. The summed E-state index contributed by atoms with van der Waals surface area (Å²) < 4.78 is 11.3. The van der Waals surface area contributed by atoms with Crippen molar-refractivity contribution in [2.75, 3.05) is 32.9 Å². The van der Waals surface area contributed by atoms with Gasteiger partial charge in [-0.15, -0.1) is 0 Å². The van der Waals surface area contributed by atoms with Crippen LogP contribution in [0.3, 0.4) is 0 Å². The molecule has 0 unspecified atom stereocenters. The van der Waals surface area contributed by atoms with E-state index in [1.54, 1.807) is 0 Å². The van der Waals surface area contributed by atoms with Gasteiger partial charge in [0.1, 0.15) is 12.4 Å². The third-order valence-corrected chi connectivity index (χ3v) is 5.83. The van der Waals surface area contributed by atoms with E-state index in [9.17, 15) is 9.59 Å². The lowest BCUT2D eigenvalue weighted by Crippen LogP contribution is -2.41. The predicted molar refractivity (Wildman–Crippen MR) is 114 cm³/mol. The fourth-order valence-corrected chi connectivity index (χ4v) is 4.05. The molecule has 0 radical (unpaired) electrons. The van der Waals surface area contributed by atoms with Crippen molar-refractivity contribution in [2.45, 2.75) is 33.4 Å². The Morgan fingerprint density at radius 3 is 2.50 bits per heavy atom. The summed E-state index contributed by atoms with van der Waals surface area (Å²) in [6.45, 7) is 9.13. The van der Waals surface area contributed by atoms with Crippen LogP contribution in [0.2, 0.25) is 0 Å². The van der Waals surface area contributed by atoms with Crippen LogP contribution in [-0.2, 0) is 11.3 Å². The van der Waals surface area contributed by atoms with E-state index in [0.717, 1.165) is 22.4 Å². The molecule has 0 saturated carbocycles. The third kappa shape index (κ3) is 4.05. The van der Waals surface area contributed by atoms with Gasteiger partial charge in [-0.2, -0.15) is 0 Å². The van der Waals surface area contributed by atoms with Crippen molar-refractivity contribution < 1.29 is 19.1 Å². The molecule has 0 bridgehead atoms. The number of morpholine rings is 1. The second kappa shape index (κ2) is 8.48. The summed E-state index contributed by atoms with van der Waals surface area (Å²) in [4.78, 5) is 29.9. The van der Waals surface area contributed by atoms with Gasteiger partial charge in [-0.1, -0.05) is 17.7 Å². The highest BCUT2D eigenvalue weighted by molar-refractivity contribution is 5.96. The van der Waals surface area contributed by atoms with E-state index >= 15 is 0 Å². The number of hydrogen-bond acceptors (Lipinski definition) is 4. The summed E-state index contributed by atoms with van der Waals surface area (Å²) in [6, 6.07) is 11.3. The molecule has 2 amide bonds. The molecule has 2 aromatic carbocycles. The number of hydrogen-bond donors (Lipinski definition) is 0. The highest BCUT2D eigenvalue weighted by atomic mass is 16.5. The van der Waals surface area contributed by atoms with Gasteiger partial charge in [0, 0.05) is 29.8 Å². The van der Waals surface area contributed by atoms with Crippen LogP contribution < -0.4 is 4.74 Å². The van der Waals surface area contributed by atoms with Crippen molar-refractivity contribution in [3.63, 3.8) is 0 Å². The first kappa shape index (κ1) is 20.4. The second-order valence-electron chi connectivity index (χ2n) is 8.14. The van der Waals surface area contributed by atoms with E-state index in [4.69, 9.17) is 9.47 Å². The average Bonchev–Trinajstić information content (AvgIpc) is 2.92. The molecule has 2 aliphatic rings. The van der Waals surface area contributed by atoms with Crippen molar-refractivity contribution in [2.24, 2.45) is 0 Å². The molecular weight excluding hydrogens is 380 g/mol. The van der Waals surface area contributed by atoms with Crippen LogP contribution in [0.4, 0.5) is 0 Å². The fraction of sp³-hybridized carbons (Fsp3) is 0.417. The van der Waals surface area contributed by atoms with Crippen LogP contribution in [0.1, 0.15) is 44.3 Å². The number of nitrogens with zero attached hydrogens (tertiary/aromatic N) is 2. The first-order valence-electron chi connectivity index (χ1n) is 10.4. The smallest absolute Gasteiger partial charge is 0.254 e. The minimum absolute atomic E-state index is 0.00866. The van der Waals surface area contributed by atoms with Gasteiger partial charge in [0.05, 0.1) is 25.8 Å². The standard InChI is InChI=1S/C24H28N2O4/c1-16-4-6-21(17(2)12-16)24(28)26-14-20-13-19(5-7-22(20)30-15-18(26)3)23(27)25-8-10-29-11-9-25/h4-7,12-13,18H,8-11,14-15H2,1-3H3/t18-/m0/s1. The quantitative estimate of drug-likeness (QED) is 0.766. The number of benzene rings is 2. The number of carbonyl (C=O) groups is 2. The van der Waals surface area contributed by atoms with E-state index in [0.29, 0.717) is 50.6 Å². The zero-order valence-electron chi connectivity index (χ0n) is 17.8. The van der Waals surface area contributed by atoms with Crippen LogP contribution in [0.25, 0.3) is 0 Å². The van der Waals surface area contributed by atoms with E-state index in [1.807, 2.05) is 67.0 Å². The zero-order valence-corrected chi connectivity index (χ0v) is 17.8. The Morgan fingerprint density at radius 1 is 1.00 bits per heavy atom. The van der Waals surface area contributed by atoms with Crippen molar-refractivity contribution in [3.05, 3.63) is 64.2 Å². The predicted octanol–water partition coefficient (Wildman–Crippen LogP) is 3.20. The summed E-state index contributed by atoms with van der Waals surface area (Å²) in [7, 11) is 0. The van der Waals surface area contributed by atoms with Crippen LogP contribution >= 0.6 is 0 Å². The fourth-order valence-electron chi connectivity index (χ4n) is 4.05. The Balaban J connectivity index is 1.61. The number of ether oxygens (including phenoxy) is 2. The molecule has 2 aromatic rings. The molecule has 6 nitrogen and oxygen atoms in total. The van der Waals surface area contributed by atoms with Gasteiger partial charge in [0.2, 0.25) is 0 Å². The summed E-state index contributed by atoms with van der Waals surface area (Å²) in [5, 5.41) is 0. The first-order valence-corrected chi connectivity index (χ1v) is 10.4. The maximum Gasteiger partial charge on any atom is 0.254 e. The highest BCUT2D eigenvalue weighted by Crippen LogP contribution is 2.28. The molecule has 30 heavy (non-hydrogen) atoms. The lowest BCUT2D eigenvalue weighted by molar-refractivity contribution is 0.0303. The summed E-state index contributed by atoms with van der Waals surface area (Å²) in [6.07, 6.45) is 0. The first-order chi connectivity index (χ1) is 14.4. The molecule has 0 aliphatic carbocycles. The number of amides is 2. The van der Waals surface area contributed by atoms with Crippen LogP contribution in [-0.4, -0.2) is 60.6 Å². The maximum atomic E-state index is 13.4. The number of aryl methyl sites for hydroxylation is 2. The summed E-state index contributed by atoms with van der Waals surface area (Å²) in [5.41, 5.74) is 4.28. The Morgan fingerprint density at radius 2 is 1.77 bits per heavy atom. The molecule has 0 N–H and O–H groups in total. The SMILES string of the molecule is Cc1ccc(C(=O)N2Cc3cc(C(=O)N4CCOCC4)ccc3OC[C@@H]2C)c(C)c1. The van der Waals surface area contributed by atoms with E-state index < -0.39 is 0 Å². The molecule has 2 aliphatic heterocycles. The molecule has 2 heterocycles. The van der Waals surface area contributed by atoms with Crippen LogP contribution in [0, 0.1) is 13.8 Å². The van der Waals surface area contributed by atoms with Gasteiger partial charge in [0.15, 0.2) is 0 Å².